The van der Waals surface area contributed by atoms with Crippen molar-refractivity contribution in [2.75, 3.05) is 32.3 Å². The Labute approximate surface area is 400 Å². The number of carbonyl (C=O) groups excluding carboxylic acids is 1. The van der Waals surface area contributed by atoms with E-state index >= 15 is 0 Å². The van der Waals surface area contributed by atoms with E-state index in [2.05, 4.69) is 20.8 Å². The van der Waals surface area contributed by atoms with E-state index < -0.39 is 7.15 Å². The van der Waals surface area contributed by atoms with Crippen LogP contribution in [-0.2, 0) is 9.68 Å². The van der Waals surface area contributed by atoms with Crippen molar-refractivity contribution in [1.82, 2.24) is 0 Å². The molecule has 280 valence electrons. The van der Waals surface area contributed by atoms with Crippen LogP contribution in [0.15, 0.2) is 54.6 Å². The van der Waals surface area contributed by atoms with Crippen LogP contribution in [-0.4, -0.2) is 69.4 Å². The molecule has 0 spiro atoms. The molecule has 3 aromatic rings. The number of carbonyl (C=O) groups is 1. The Morgan fingerprint density at radius 3 is 1.08 bits per heavy atom. The van der Waals surface area contributed by atoms with E-state index in [4.69, 9.17) is 51.2 Å². The van der Waals surface area contributed by atoms with Gasteiger partial charge in [0.05, 0.1) is 28.3 Å². The first-order chi connectivity index (χ1) is 24.5. The van der Waals surface area contributed by atoms with Gasteiger partial charge in [-0.1, -0.05) is 15.9 Å². The maximum Gasteiger partial charge on any atom is 1.00 e. The molecule has 6 N–H and O–H groups in total. The van der Waals surface area contributed by atoms with Crippen LogP contribution in [0.5, 0.6) is 51.7 Å². The quantitative estimate of drug-likeness (QED) is 0.0518. The Morgan fingerprint density at radius 2 is 0.865 bits per heavy atom. The number of rotatable bonds is 11. The number of ether oxygens (including phenoxy) is 3. The van der Waals surface area contributed by atoms with Crippen molar-refractivity contribution in [1.29, 1.82) is 0 Å². The number of phenols is 6. The second-order valence-corrected chi connectivity index (χ2v) is 12.8. The molecule has 0 amide bonds. The molecule has 7 rings (SSSR count). The van der Waals surface area contributed by atoms with E-state index in [1.807, 2.05) is 6.07 Å². The van der Waals surface area contributed by atoms with Crippen molar-refractivity contribution in [3.8, 4) is 51.7 Å². The van der Waals surface area contributed by atoms with Crippen LogP contribution in [0.2, 0.25) is 0 Å². The number of alkyl halides is 2. The van der Waals surface area contributed by atoms with Crippen LogP contribution in [0.25, 0.3) is 0 Å². The molecule has 3 aromatic carbocycles. The zero-order chi connectivity index (χ0) is 37.6. The molecule has 0 heterocycles. The minimum atomic E-state index is -1.00. The van der Waals surface area contributed by atoms with Gasteiger partial charge in [-0.15, -0.1) is 0 Å². The SMILES string of the molecule is BrCC1CC1.O=CO[O-].Oc1cc(O)cc(O)c1.Oc1cc(O)cc(OCC2CC2)c1.Oc1cc(OCC2CC2)cc(OCC2CC2)c1.[2H]CF.[H-].[K+].[K+]. The van der Waals surface area contributed by atoms with Gasteiger partial charge in [-0.05, 0) is 75.0 Å². The molecule has 16 heteroatoms. The van der Waals surface area contributed by atoms with Crippen molar-refractivity contribution in [3.05, 3.63) is 54.6 Å². The maximum atomic E-state index is 9.96. The van der Waals surface area contributed by atoms with Gasteiger partial charge in [0.2, 0.25) is 0 Å². The number of hydrogen-bond acceptors (Lipinski definition) is 12. The Hall–Kier alpha value is -1.03. The van der Waals surface area contributed by atoms with Crippen LogP contribution in [0.4, 0.5) is 4.39 Å². The zero-order valence-electron chi connectivity index (χ0n) is 31.7. The van der Waals surface area contributed by atoms with E-state index in [0.717, 1.165) is 37.3 Å². The Morgan fingerprint density at radius 1 is 0.635 bits per heavy atom. The Bertz CT molecular complexity index is 1330. The van der Waals surface area contributed by atoms with Gasteiger partial charge in [0.25, 0.3) is 6.47 Å². The van der Waals surface area contributed by atoms with E-state index in [1.54, 1.807) is 12.1 Å². The molecule has 0 saturated heterocycles. The fraction of sp³-hybridized carbons (Fsp3) is 0.472. The fourth-order valence-electron chi connectivity index (χ4n) is 3.72. The smallest absolute Gasteiger partial charge is 1.00 e. The van der Waals surface area contributed by atoms with Crippen LogP contribution in [0.1, 0.15) is 54.2 Å². The summed E-state index contributed by atoms with van der Waals surface area (Å²) in [7, 11) is -1.00. The minimum Gasteiger partial charge on any atom is -1.00 e. The molecule has 4 aliphatic carbocycles. The predicted octanol–water partition coefficient (Wildman–Crippen LogP) is 0.592. The Kier molecular flexibility index (Phi) is 27.6. The van der Waals surface area contributed by atoms with Gasteiger partial charge in [-0.3, -0.25) is 9.18 Å². The summed E-state index contributed by atoms with van der Waals surface area (Å²) >= 11 is 3.38. The predicted molar refractivity (Wildman–Crippen MR) is 186 cm³/mol. The summed E-state index contributed by atoms with van der Waals surface area (Å²) in [5, 5.41) is 63.5. The molecular weight excluding hydrogens is 801 g/mol. The molecule has 0 aliphatic heterocycles. The molecule has 52 heavy (non-hydrogen) atoms. The fourth-order valence-corrected chi connectivity index (χ4v) is 4.37. The summed E-state index contributed by atoms with van der Waals surface area (Å²) in [5.41, 5.74) is 0. The van der Waals surface area contributed by atoms with Gasteiger partial charge in [0.15, 0.2) is 0 Å². The third kappa shape index (κ3) is 26.7. The maximum absolute atomic E-state index is 9.96. The second kappa shape index (κ2) is 29.3. The van der Waals surface area contributed by atoms with Gasteiger partial charge in [-0.2, -0.15) is 0 Å². The van der Waals surface area contributed by atoms with Crippen molar-refractivity contribution in [2.45, 2.75) is 51.4 Å². The third-order valence-electron chi connectivity index (χ3n) is 7.13. The van der Waals surface area contributed by atoms with E-state index in [0.29, 0.717) is 41.6 Å². The summed E-state index contributed by atoms with van der Waals surface area (Å²) in [4.78, 5) is 11.2. The number of halogens is 2. The largest absolute Gasteiger partial charge is 1.00 e. The minimum absolute atomic E-state index is 0. The molecule has 0 atom stereocenters. The van der Waals surface area contributed by atoms with Gasteiger partial charge >= 0.3 is 103 Å². The first-order valence-corrected chi connectivity index (χ1v) is 17.2. The summed E-state index contributed by atoms with van der Waals surface area (Å²) in [5.74, 6) is 4.95. The van der Waals surface area contributed by atoms with Crippen LogP contribution < -0.4 is 122 Å². The molecular formula is C36H48BrFK2O12. The number of hydrogen-bond donors (Lipinski definition) is 6. The van der Waals surface area contributed by atoms with E-state index in [-0.39, 0.29) is 145 Å². The van der Waals surface area contributed by atoms with E-state index in [9.17, 15) is 9.50 Å². The second-order valence-electron chi connectivity index (χ2n) is 12.1. The van der Waals surface area contributed by atoms with Gasteiger partial charge in [-0.25, -0.2) is 0 Å². The molecule has 4 saturated carbocycles. The standard InChI is InChI=1S/C14H18O3.C10H12O3.C6H6O3.C4H7Br.CH3F.CH2O3.2K.H/c15-12-5-13(16-8-10-1-2-10)7-14(6-12)17-9-11-3-4-11;11-8-3-9(12)5-10(4-8)13-6-7-1-2-7;7-4-1-5(8)3-6(9)2-4;5-3-4-1-2-4;1-2;2-1-4-3;;;/h5-7,10-11,15H,1-4,8-9H2;3-5,7,11-12H,1-2,6H2;1-3,7-9H;4H,1-3H2;1H3;1,3H;;;/q;;;;;;2*+1;-1/p-1/i;;;;1D;;;;. The van der Waals surface area contributed by atoms with Crippen LogP contribution in [0, 0.1) is 23.7 Å². The van der Waals surface area contributed by atoms with Crippen molar-refractivity contribution in [2.24, 2.45) is 23.7 Å². The van der Waals surface area contributed by atoms with Crippen molar-refractivity contribution < 1.29 is 170 Å². The summed E-state index contributed by atoms with van der Waals surface area (Å²) in [6.07, 6.45) is 10.5. The zero-order valence-corrected chi connectivity index (χ0v) is 37.5. The average molecular weight is 851 g/mol. The molecule has 4 aliphatic rings. The molecule has 0 unspecified atom stereocenters. The first-order valence-electron chi connectivity index (χ1n) is 16.8. The Balaban J connectivity index is 0. The van der Waals surface area contributed by atoms with Gasteiger partial charge in [0, 0.05) is 59.9 Å². The van der Waals surface area contributed by atoms with Crippen molar-refractivity contribution >= 4 is 22.4 Å². The number of benzene rings is 3. The molecule has 0 radical (unpaired) electrons. The topological polar surface area (TPSA) is 198 Å². The summed E-state index contributed by atoms with van der Waals surface area (Å²) < 4.78 is 32.1. The molecule has 4 fully saturated rings. The van der Waals surface area contributed by atoms with Crippen molar-refractivity contribution in [3.63, 3.8) is 0 Å². The van der Waals surface area contributed by atoms with Gasteiger partial charge in [0.1, 0.15) is 51.7 Å². The molecule has 0 aromatic heterocycles. The number of aromatic hydroxyl groups is 6. The van der Waals surface area contributed by atoms with Crippen LogP contribution >= 0.6 is 15.9 Å². The summed E-state index contributed by atoms with van der Waals surface area (Å²) in [6.45, 7) is 2.01. The third-order valence-corrected chi connectivity index (χ3v) is 8.05. The molecule has 0 bridgehead atoms. The molecule has 12 nitrogen and oxygen atoms in total. The van der Waals surface area contributed by atoms with Gasteiger partial charge < -0.3 is 56.4 Å². The van der Waals surface area contributed by atoms with Crippen LogP contribution in [0.3, 0.4) is 0 Å². The van der Waals surface area contributed by atoms with E-state index in [1.165, 1.54) is 74.9 Å². The number of phenolic OH excluding ortho intramolecular Hbond substituents is 6. The first kappa shape index (κ1) is 49.0. The monoisotopic (exact) mass is 849 g/mol. The summed E-state index contributed by atoms with van der Waals surface area (Å²) in [6, 6.07) is 12.9. The normalized spacial score (nSPS) is 14.8. The average Bonchev–Trinajstić information content (AvgIpc) is 3.88.